The maximum absolute atomic E-state index is 14.1. The largest absolute Gasteiger partial charge is 0.497 e. The highest BCUT2D eigenvalue weighted by molar-refractivity contribution is 6.04. The number of hydrogen-bond acceptors (Lipinski definition) is 5. The Balaban J connectivity index is 1.53. The van der Waals surface area contributed by atoms with Gasteiger partial charge >= 0.3 is 5.97 Å². The molecule has 0 aliphatic carbocycles. The molecule has 0 saturated carbocycles. The maximum atomic E-state index is 14.1. The van der Waals surface area contributed by atoms with E-state index in [0.29, 0.717) is 11.1 Å². The average molecular weight is 518 g/mol. The highest BCUT2D eigenvalue weighted by Crippen LogP contribution is 2.48. The summed E-state index contributed by atoms with van der Waals surface area (Å²) in [5.74, 6) is 1.03. The molecule has 0 bridgehead atoms. The van der Waals surface area contributed by atoms with Crippen LogP contribution in [0.1, 0.15) is 23.6 Å². The zero-order valence-corrected chi connectivity index (χ0v) is 21.7. The number of benzene rings is 4. The Morgan fingerprint density at radius 2 is 1.46 bits per heavy atom. The van der Waals surface area contributed by atoms with Gasteiger partial charge in [0.25, 0.3) is 5.56 Å². The number of rotatable bonds is 7. The minimum atomic E-state index is -0.539. The number of aromatic nitrogens is 1. The fraction of sp³-hybridized carbons (Fsp3) is 0.152. The SMILES string of the molecule is COc1ccc(-c2c3n(c(=O)c4ccccc24)C(CC(=O)OCc2ccccc2)c2cc(OC)ccc2-3)cc1. The van der Waals surface area contributed by atoms with Crippen LogP contribution in [0.2, 0.25) is 0 Å². The van der Waals surface area contributed by atoms with Crippen LogP contribution in [0.15, 0.2) is 102 Å². The summed E-state index contributed by atoms with van der Waals surface area (Å²) < 4.78 is 18.3. The van der Waals surface area contributed by atoms with Crippen LogP contribution in [-0.4, -0.2) is 24.8 Å². The molecule has 2 heterocycles. The minimum absolute atomic E-state index is 0.0142. The second-order valence-corrected chi connectivity index (χ2v) is 9.49. The van der Waals surface area contributed by atoms with E-state index in [0.717, 1.165) is 44.6 Å². The number of pyridine rings is 1. The number of carbonyl (C=O) groups excluding carboxylic acids is 1. The lowest BCUT2D eigenvalue weighted by Gasteiger charge is -2.19. The molecule has 0 N–H and O–H groups in total. The summed E-state index contributed by atoms with van der Waals surface area (Å²) >= 11 is 0. The van der Waals surface area contributed by atoms with Gasteiger partial charge in [0, 0.05) is 16.5 Å². The Labute approximate surface area is 226 Å². The van der Waals surface area contributed by atoms with Crippen molar-refractivity contribution in [2.75, 3.05) is 14.2 Å². The van der Waals surface area contributed by atoms with E-state index in [4.69, 9.17) is 14.2 Å². The Kier molecular flexibility index (Phi) is 6.37. The van der Waals surface area contributed by atoms with Gasteiger partial charge in [0.15, 0.2) is 0 Å². The van der Waals surface area contributed by atoms with Crippen LogP contribution in [0, 0.1) is 0 Å². The molecule has 6 nitrogen and oxygen atoms in total. The molecule has 0 radical (unpaired) electrons. The molecule has 1 unspecified atom stereocenters. The predicted molar refractivity (Wildman–Crippen MR) is 151 cm³/mol. The first-order valence-corrected chi connectivity index (χ1v) is 12.8. The molecule has 1 aliphatic rings. The maximum Gasteiger partial charge on any atom is 0.308 e. The van der Waals surface area contributed by atoms with Gasteiger partial charge in [-0.05, 0) is 58.5 Å². The highest BCUT2D eigenvalue weighted by atomic mass is 16.5. The molecule has 39 heavy (non-hydrogen) atoms. The summed E-state index contributed by atoms with van der Waals surface area (Å²) in [4.78, 5) is 27.2. The van der Waals surface area contributed by atoms with Crippen molar-refractivity contribution in [1.82, 2.24) is 4.57 Å². The van der Waals surface area contributed by atoms with Gasteiger partial charge in [-0.25, -0.2) is 0 Å². The van der Waals surface area contributed by atoms with Crippen molar-refractivity contribution in [1.29, 1.82) is 0 Å². The Hall–Kier alpha value is -4.84. The second-order valence-electron chi connectivity index (χ2n) is 9.49. The summed E-state index contributed by atoms with van der Waals surface area (Å²) in [6.45, 7) is 0.175. The lowest BCUT2D eigenvalue weighted by molar-refractivity contribution is -0.145. The Morgan fingerprint density at radius 3 is 2.18 bits per heavy atom. The van der Waals surface area contributed by atoms with E-state index in [-0.39, 0.29) is 24.6 Å². The number of carbonyl (C=O) groups is 1. The van der Waals surface area contributed by atoms with E-state index in [2.05, 4.69) is 0 Å². The van der Waals surface area contributed by atoms with Crippen LogP contribution in [0.4, 0.5) is 0 Å². The molecule has 0 spiro atoms. The highest BCUT2D eigenvalue weighted by Gasteiger charge is 2.35. The first-order chi connectivity index (χ1) is 19.1. The average Bonchev–Trinajstić information content (AvgIpc) is 3.30. The van der Waals surface area contributed by atoms with Crippen molar-refractivity contribution in [3.63, 3.8) is 0 Å². The monoisotopic (exact) mass is 517 g/mol. The van der Waals surface area contributed by atoms with Crippen molar-refractivity contribution in [3.8, 4) is 33.9 Å². The third kappa shape index (κ3) is 4.34. The number of esters is 1. The van der Waals surface area contributed by atoms with Crippen LogP contribution in [-0.2, 0) is 16.1 Å². The quantitative estimate of drug-likeness (QED) is 0.234. The lowest BCUT2D eigenvalue weighted by atomic mass is 9.93. The molecule has 0 saturated heterocycles. The fourth-order valence-electron chi connectivity index (χ4n) is 5.43. The van der Waals surface area contributed by atoms with Crippen LogP contribution in [0.3, 0.4) is 0 Å². The van der Waals surface area contributed by atoms with Gasteiger partial charge in [-0.15, -0.1) is 0 Å². The molecule has 5 aromatic rings. The molecule has 6 heteroatoms. The summed E-state index contributed by atoms with van der Waals surface area (Å²) in [5, 5.41) is 1.45. The summed E-state index contributed by atoms with van der Waals surface area (Å²) in [6.07, 6.45) is 0.0142. The molecule has 194 valence electrons. The number of ether oxygens (including phenoxy) is 3. The van der Waals surface area contributed by atoms with Crippen molar-refractivity contribution in [3.05, 3.63) is 119 Å². The summed E-state index contributed by atoms with van der Waals surface area (Å²) in [5.41, 5.74) is 5.17. The number of hydrogen-bond donors (Lipinski definition) is 0. The number of nitrogens with zero attached hydrogens (tertiary/aromatic N) is 1. The van der Waals surface area contributed by atoms with E-state index < -0.39 is 6.04 Å². The second kappa shape index (κ2) is 10.1. The third-order valence-electron chi connectivity index (χ3n) is 7.29. The van der Waals surface area contributed by atoms with E-state index in [1.807, 2.05) is 97.1 Å². The van der Waals surface area contributed by atoms with E-state index in [1.165, 1.54) is 0 Å². The first kappa shape index (κ1) is 24.5. The molecule has 1 aromatic heterocycles. The molecule has 0 fully saturated rings. The number of methoxy groups -OCH3 is 2. The molecule has 4 aromatic carbocycles. The molecule has 1 atom stereocenters. The number of fused-ring (bicyclic) bond motifs is 4. The predicted octanol–water partition coefficient (Wildman–Crippen LogP) is 6.39. The van der Waals surface area contributed by atoms with Crippen LogP contribution < -0.4 is 15.0 Å². The molecular formula is C33H27NO5. The Morgan fingerprint density at radius 1 is 0.795 bits per heavy atom. The van der Waals surface area contributed by atoms with Gasteiger partial charge in [-0.1, -0.05) is 60.7 Å². The standard InChI is InChI=1S/C33H27NO5/c1-37-23-14-12-22(13-15-23)31-25-10-6-7-11-27(25)33(36)34-29(19-30(35)39-20-21-8-4-3-5-9-21)28-18-24(38-2)16-17-26(28)32(31)34/h3-18,29H,19-20H2,1-2H3. The topological polar surface area (TPSA) is 66.8 Å². The summed E-state index contributed by atoms with van der Waals surface area (Å²) in [6, 6.07) is 30.2. The van der Waals surface area contributed by atoms with Gasteiger partial charge < -0.3 is 14.2 Å². The normalized spacial score (nSPS) is 13.5. The van der Waals surface area contributed by atoms with Gasteiger partial charge in [0.2, 0.25) is 0 Å². The van der Waals surface area contributed by atoms with E-state index >= 15 is 0 Å². The third-order valence-corrected chi connectivity index (χ3v) is 7.29. The smallest absolute Gasteiger partial charge is 0.308 e. The van der Waals surface area contributed by atoms with Gasteiger partial charge in [-0.3, -0.25) is 14.2 Å². The van der Waals surface area contributed by atoms with Crippen molar-refractivity contribution >= 4 is 16.7 Å². The van der Waals surface area contributed by atoms with Crippen molar-refractivity contribution < 1.29 is 19.0 Å². The van der Waals surface area contributed by atoms with E-state index in [1.54, 1.807) is 18.8 Å². The zero-order chi connectivity index (χ0) is 26.9. The van der Waals surface area contributed by atoms with Crippen LogP contribution >= 0.6 is 0 Å². The Bertz CT molecular complexity index is 1740. The lowest BCUT2D eigenvalue weighted by Crippen LogP contribution is -2.26. The molecular weight excluding hydrogens is 490 g/mol. The molecule has 6 rings (SSSR count). The molecule has 0 amide bonds. The van der Waals surface area contributed by atoms with Gasteiger partial charge in [0.05, 0.1) is 32.4 Å². The minimum Gasteiger partial charge on any atom is -0.497 e. The van der Waals surface area contributed by atoms with Crippen LogP contribution in [0.5, 0.6) is 11.5 Å². The van der Waals surface area contributed by atoms with Gasteiger partial charge in [0.1, 0.15) is 18.1 Å². The van der Waals surface area contributed by atoms with Crippen molar-refractivity contribution in [2.24, 2.45) is 0 Å². The summed E-state index contributed by atoms with van der Waals surface area (Å²) in [7, 11) is 3.24. The van der Waals surface area contributed by atoms with E-state index in [9.17, 15) is 9.59 Å². The zero-order valence-electron chi connectivity index (χ0n) is 21.7. The van der Waals surface area contributed by atoms with Gasteiger partial charge in [-0.2, -0.15) is 0 Å². The first-order valence-electron chi connectivity index (χ1n) is 12.8. The fourth-order valence-corrected chi connectivity index (χ4v) is 5.43. The van der Waals surface area contributed by atoms with Crippen LogP contribution in [0.25, 0.3) is 33.2 Å². The van der Waals surface area contributed by atoms with Crippen molar-refractivity contribution in [2.45, 2.75) is 19.1 Å². The molecule has 1 aliphatic heterocycles.